The van der Waals surface area contributed by atoms with Crippen LogP contribution in [0.1, 0.15) is 71.1 Å². The summed E-state index contributed by atoms with van der Waals surface area (Å²) < 4.78 is 66.5. The lowest BCUT2D eigenvalue weighted by atomic mass is 10.1. The van der Waals surface area contributed by atoms with Crippen LogP contribution in [-0.4, -0.2) is 107 Å². The highest BCUT2D eigenvalue weighted by Crippen LogP contribution is 2.11. The van der Waals surface area contributed by atoms with Gasteiger partial charge >= 0.3 is 5.97 Å². The molecule has 0 saturated heterocycles. The van der Waals surface area contributed by atoms with Crippen molar-refractivity contribution in [3.05, 3.63) is 30.3 Å². The van der Waals surface area contributed by atoms with E-state index >= 15 is 0 Å². The second kappa shape index (κ2) is 30.0. The molecule has 256 valence electrons. The molecule has 0 saturated carbocycles. The molecule has 0 heterocycles. The Labute approximate surface area is 265 Å². The molecule has 0 amide bonds. The van der Waals surface area contributed by atoms with E-state index in [0.29, 0.717) is 79.1 Å². The smallest absolute Gasteiger partial charge is 0.305 e. The average Bonchev–Trinajstić information content (AvgIpc) is 3.03. The van der Waals surface area contributed by atoms with Gasteiger partial charge in [-0.15, -0.1) is 0 Å². The van der Waals surface area contributed by atoms with Gasteiger partial charge in [-0.25, -0.2) is 0 Å². The van der Waals surface area contributed by atoms with Gasteiger partial charge in [-0.2, -0.15) is 8.42 Å². The number of rotatable bonds is 33. The zero-order valence-electron chi connectivity index (χ0n) is 26.8. The Balaban J connectivity index is 1.71. The molecule has 0 unspecified atom stereocenters. The van der Waals surface area contributed by atoms with Crippen LogP contribution in [-0.2, 0) is 52.3 Å². The highest BCUT2D eigenvalue weighted by Gasteiger charge is 2.13. The third-order valence-electron chi connectivity index (χ3n) is 6.33. The van der Waals surface area contributed by atoms with Crippen LogP contribution in [0, 0.1) is 0 Å². The Hall–Kier alpha value is -1.64. The van der Waals surface area contributed by atoms with Gasteiger partial charge in [0.25, 0.3) is 10.1 Å². The Morgan fingerprint density at radius 1 is 0.523 bits per heavy atom. The zero-order valence-corrected chi connectivity index (χ0v) is 27.6. The van der Waals surface area contributed by atoms with Gasteiger partial charge < -0.3 is 33.2 Å². The molecule has 1 aromatic rings. The van der Waals surface area contributed by atoms with Crippen LogP contribution in [0.4, 0.5) is 0 Å². The van der Waals surface area contributed by atoms with Crippen molar-refractivity contribution in [2.24, 2.45) is 0 Å². The van der Waals surface area contributed by atoms with Crippen LogP contribution in [0.3, 0.4) is 0 Å². The molecular formula is C32H56O11S. The quantitative estimate of drug-likeness (QED) is 0.0584. The molecule has 0 atom stereocenters. The van der Waals surface area contributed by atoms with Crippen LogP contribution in [0.15, 0.2) is 35.2 Å². The topological polar surface area (TPSA) is 125 Å². The number of esters is 1. The summed E-state index contributed by atoms with van der Waals surface area (Å²) >= 11 is 0. The number of hydrogen-bond donors (Lipinski definition) is 0. The first-order valence-corrected chi connectivity index (χ1v) is 17.5. The van der Waals surface area contributed by atoms with Crippen molar-refractivity contribution < 1.29 is 50.6 Å². The van der Waals surface area contributed by atoms with E-state index in [1.807, 2.05) is 0 Å². The van der Waals surface area contributed by atoms with Gasteiger partial charge in [-0.3, -0.25) is 8.98 Å². The largest absolute Gasteiger partial charge is 0.463 e. The third-order valence-corrected chi connectivity index (χ3v) is 7.66. The monoisotopic (exact) mass is 648 g/mol. The van der Waals surface area contributed by atoms with E-state index in [4.69, 9.17) is 37.3 Å². The van der Waals surface area contributed by atoms with Gasteiger partial charge in [0, 0.05) is 6.42 Å². The van der Waals surface area contributed by atoms with Crippen molar-refractivity contribution >= 4 is 16.1 Å². The molecule has 0 radical (unpaired) electrons. The lowest BCUT2D eigenvalue weighted by Crippen LogP contribution is -2.15. The van der Waals surface area contributed by atoms with Crippen molar-refractivity contribution in [2.75, 3.05) is 92.5 Å². The van der Waals surface area contributed by atoms with Gasteiger partial charge in [-0.1, -0.05) is 76.5 Å². The lowest BCUT2D eigenvalue weighted by Gasteiger charge is -2.09. The molecule has 1 aromatic carbocycles. The van der Waals surface area contributed by atoms with Crippen molar-refractivity contribution in [3.8, 4) is 0 Å². The summed E-state index contributed by atoms with van der Waals surface area (Å²) in [4.78, 5) is 11.9. The Morgan fingerprint density at radius 3 is 1.36 bits per heavy atom. The maximum absolute atomic E-state index is 12.0. The SMILES string of the molecule is CCCCCCCCCCCC(=O)OCCOCCOCCOCCOCCOCCOCCOS(=O)(=O)c1ccccc1. The minimum absolute atomic E-state index is 0.0582. The summed E-state index contributed by atoms with van der Waals surface area (Å²) in [7, 11) is -3.76. The van der Waals surface area contributed by atoms with Crippen molar-refractivity contribution in [1.82, 2.24) is 0 Å². The van der Waals surface area contributed by atoms with E-state index < -0.39 is 10.1 Å². The van der Waals surface area contributed by atoms with Crippen molar-refractivity contribution in [3.63, 3.8) is 0 Å². The number of unbranched alkanes of at least 4 members (excludes halogenated alkanes) is 8. The predicted octanol–water partition coefficient (Wildman–Crippen LogP) is 4.96. The van der Waals surface area contributed by atoms with Gasteiger partial charge in [0.05, 0.1) is 90.8 Å². The summed E-state index contributed by atoms with van der Waals surface area (Å²) in [5.41, 5.74) is 0. The summed E-state index contributed by atoms with van der Waals surface area (Å²) in [6.07, 6.45) is 11.5. The summed E-state index contributed by atoms with van der Waals surface area (Å²) in [6.45, 7) is 7.25. The number of ether oxygens (including phenoxy) is 7. The first kappa shape index (κ1) is 40.4. The molecule has 0 aliphatic carbocycles. The molecule has 0 spiro atoms. The van der Waals surface area contributed by atoms with Gasteiger partial charge in [0.1, 0.15) is 6.61 Å². The second-order valence-electron chi connectivity index (χ2n) is 10.1. The Morgan fingerprint density at radius 2 is 0.909 bits per heavy atom. The zero-order chi connectivity index (χ0) is 31.8. The van der Waals surface area contributed by atoms with Gasteiger partial charge in [-0.05, 0) is 18.6 Å². The summed E-state index contributed by atoms with van der Waals surface area (Å²) in [6, 6.07) is 7.98. The van der Waals surface area contributed by atoms with Crippen LogP contribution in [0.25, 0.3) is 0 Å². The van der Waals surface area contributed by atoms with Gasteiger partial charge in [0.2, 0.25) is 0 Å². The van der Waals surface area contributed by atoms with Gasteiger partial charge in [0.15, 0.2) is 0 Å². The number of carbonyl (C=O) groups is 1. The van der Waals surface area contributed by atoms with E-state index in [1.165, 1.54) is 57.1 Å². The number of carbonyl (C=O) groups excluding carboxylic acids is 1. The minimum atomic E-state index is -3.76. The first-order valence-electron chi connectivity index (χ1n) is 16.1. The number of benzene rings is 1. The standard InChI is InChI=1S/C32H56O11S/c1-2-3-4-5-6-7-8-9-13-16-32(33)42-29-27-40-25-23-38-21-19-36-17-18-37-20-22-39-24-26-41-28-30-43-44(34,35)31-14-11-10-12-15-31/h10-12,14-15H,2-9,13,16-30H2,1H3. The summed E-state index contributed by atoms with van der Waals surface area (Å²) in [5, 5.41) is 0. The Bertz CT molecular complexity index is 868. The maximum atomic E-state index is 12.0. The molecule has 0 fully saturated rings. The number of hydrogen-bond acceptors (Lipinski definition) is 11. The van der Waals surface area contributed by atoms with Crippen LogP contribution >= 0.6 is 0 Å². The molecule has 11 nitrogen and oxygen atoms in total. The maximum Gasteiger partial charge on any atom is 0.305 e. The molecule has 0 aromatic heterocycles. The molecule has 0 aliphatic rings. The molecule has 0 bridgehead atoms. The normalized spacial score (nSPS) is 11.7. The Kier molecular flexibility index (Phi) is 27.6. The molecule has 1 rings (SSSR count). The van der Waals surface area contributed by atoms with E-state index in [9.17, 15) is 13.2 Å². The second-order valence-corrected chi connectivity index (χ2v) is 11.7. The molecular weight excluding hydrogens is 592 g/mol. The molecule has 0 aliphatic heterocycles. The van der Waals surface area contributed by atoms with E-state index in [2.05, 4.69) is 6.92 Å². The van der Waals surface area contributed by atoms with Crippen LogP contribution < -0.4 is 0 Å². The first-order chi connectivity index (χ1) is 21.6. The fourth-order valence-corrected chi connectivity index (χ4v) is 4.84. The highest BCUT2D eigenvalue weighted by molar-refractivity contribution is 7.86. The average molecular weight is 649 g/mol. The van der Waals surface area contributed by atoms with E-state index in [-0.39, 0.29) is 30.7 Å². The third kappa shape index (κ3) is 25.7. The van der Waals surface area contributed by atoms with Crippen molar-refractivity contribution in [1.29, 1.82) is 0 Å². The minimum Gasteiger partial charge on any atom is -0.463 e. The van der Waals surface area contributed by atoms with Crippen molar-refractivity contribution in [2.45, 2.75) is 76.0 Å². The van der Waals surface area contributed by atoms with Crippen LogP contribution in [0.2, 0.25) is 0 Å². The molecule has 12 heteroatoms. The lowest BCUT2D eigenvalue weighted by molar-refractivity contribution is -0.145. The fourth-order valence-electron chi connectivity index (χ4n) is 3.93. The predicted molar refractivity (Wildman–Crippen MR) is 167 cm³/mol. The van der Waals surface area contributed by atoms with E-state index in [0.717, 1.165) is 12.8 Å². The van der Waals surface area contributed by atoms with Crippen LogP contribution in [0.5, 0.6) is 0 Å². The van der Waals surface area contributed by atoms with E-state index in [1.54, 1.807) is 18.2 Å². The molecule has 0 N–H and O–H groups in total. The fraction of sp³-hybridized carbons (Fsp3) is 0.781. The highest BCUT2D eigenvalue weighted by atomic mass is 32.2. The molecule has 44 heavy (non-hydrogen) atoms. The summed E-state index contributed by atoms with van der Waals surface area (Å²) in [5.74, 6) is -0.147.